The number of hydrogen-bond acceptors (Lipinski definition) is 1. The lowest BCUT2D eigenvalue weighted by atomic mass is 9.93. The van der Waals surface area contributed by atoms with Gasteiger partial charge in [0, 0.05) is 6.61 Å². The number of aliphatic hydroxyl groups excluding tert-OH is 1. The monoisotopic (exact) mass is 200 g/mol. The molecule has 0 bridgehead atoms. The Kier molecular flexibility index (Phi) is 4.01. The highest BCUT2D eigenvalue weighted by molar-refractivity contribution is 5.21. The fourth-order valence-electron chi connectivity index (χ4n) is 1.53. The van der Waals surface area contributed by atoms with E-state index in [4.69, 9.17) is 5.11 Å². The summed E-state index contributed by atoms with van der Waals surface area (Å²) in [6.07, 6.45) is 1.40. The Morgan fingerprint density at radius 2 is 2.00 bits per heavy atom. The van der Waals surface area contributed by atoms with Crippen molar-refractivity contribution >= 4 is 0 Å². The standard InChI is InChI=1S/C11H14F2O/c1-2-8(5-6-14)9-3-4-10(12)11(13)7-9/h3-4,7-8,14H,2,5-6H2,1H3. The van der Waals surface area contributed by atoms with Crippen LogP contribution in [0.25, 0.3) is 0 Å². The van der Waals surface area contributed by atoms with E-state index in [1.807, 2.05) is 6.92 Å². The molecular weight excluding hydrogens is 186 g/mol. The lowest BCUT2D eigenvalue weighted by Gasteiger charge is -2.13. The first-order valence-corrected chi connectivity index (χ1v) is 4.74. The molecule has 3 heteroatoms. The third kappa shape index (κ3) is 2.51. The van der Waals surface area contributed by atoms with Crippen molar-refractivity contribution in [2.45, 2.75) is 25.7 Å². The van der Waals surface area contributed by atoms with Gasteiger partial charge in [0.05, 0.1) is 0 Å². The molecule has 1 unspecified atom stereocenters. The largest absolute Gasteiger partial charge is 0.396 e. The fraction of sp³-hybridized carbons (Fsp3) is 0.455. The summed E-state index contributed by atoms with van der Waals surface area (Å²) in [5, 5.41) is 8.79. The SMILES string of the molecule is CCC(CCO)c1ccc(F)c(F)c1. The van der Waals surface area contributed by atoms with E-state index in [0.717, 1.165) is 18.1 Å². The maximum Gasteiger partial charge on any atom is 0.159 e. The number of rotatable bonds is 4. The van der Waals surface area contributed by atoms with E-state index < -0.39 is 11.6 Å². The van der Waals surface area contributed by atoms with E-state index in [0.29, 0.717) is 6.42 Å². The van der Waals surface area contributed by atoms with Gasteiger partial charge in [-0.25, -0.2) is 8.78 Å². The van der Waals surface area contributed by atoms with Gasteiger partial charge in [0.2, 0.25) is 0 Å². The van der Waals surface area contributed by atoms with Crippen molar-refractivity contribution in [1.82, 2.24) is 0 Å². The number of halogens is 2. The summed E-state index contributed by atoms with van der Waals surface area (Å²) in [5.74, 6) is -1.54. The maximum atomic E-state index is 12.9. The van der Waals surface area contributed by atoms with Crippen LogP contribution >= 0.6 is 0 Å². The maximum absolute atomic E-state index is 12.9. The van der Waals surface area contributed by atoms with Crippen LogP contribution in [0.3, 0.4) is 0 Å². The molecule has 0 aliphatic carbocycles. The zero-order valence-electron chi connectivity index (χ0n) is 8.13. The molecule has 0 amide bonds. The Morgan fingerprint density at radius 1 is 1.29 bits per heavy atom. The molecule has 0 aliphatic rings. The average Bonchev–Trinajstić information content (AvgIpc) is 2.19. The van der Waals surface area contributed by atoms with Crippen molar-refractivity contribution in [3.63, 3.8) is 0 Å². The van der Waals surface area contributed by atoms with Crippen molar-refractivity contribution in [3.8, 4) is 0 Å². The van der Waals surface area contributed by atoms with E-state index in [1.165, 1.54) is 6.07 Å². The van der Waals surface area contributed by atoms with Gasteiger partial charge in [0.1, 0.15) is 0 Å². The lowest BCUT2D eigenvalue weighted by molar-refractivity contribution is 0.274. The molecule has 1 atom stereocenters. The van der Waals surface area contributed by atoms with Crippen molar-refractivity contribution in [2.75, 3.05) is 6.61 Å². The van der Waals surface area contributed by atoms with Crippen molar-refractivity contribution in [1.29, 1.82) is 0 Å². The van der Waals surface area contributed by atoms with Crippen LogP contribution in [0.4, 0.5) is 8.78 Å². The summed E-state index contributed by atoms with van der Waals surface area (Å²) in [5.41, 5.74) is 0.750. The van der Waals surface area contributed by atoms with Gasteiger partial charge in [-0.3, -0.25) is 0 Å². The van der Waals surface area contributed by atoms with Crippen LogP contribution in [0.5, 0.6) is 0 Å². The quantitative estimate of drug-likeness (QED) is 0.792. The van der Waals surface area contributed by atoms with Crippen LogP contribution in [0.1, 0.15) is 31.2 Å². The van der Waals surface area contributed by atoms with Crippen LogP contribution in [0.15, 0.2) is 18.2 Å². The number of hydrogen-bond donors (Lipinski definition) is 1. The minimum absolute atomic E-state index is 0.0670. The van der Waals surface area contributed by atoms with Gasteiger partial charge < -0.3 is 5.11 Å². The van der Waals surface area contributed by atoms with Crippen molar-refractivity contribution in [2.24, 2.45) is 0 Å². The highest BCUT2D eigenvalue weighted by atomic mass is 19.2. The van der Waals surface area contributed by atoms with Crippen LogP contribution in [0, 0.1) is 11.6 Å². The Morgan fingerprint density at radius 3 is 2.50 bits per heavy atom. The van der Waals surface area contributed by atoms with Gasteiger partial charge in [-0.15, -0.1) is 0 Å². The van der Waals surface area contributed by atoms with Gasteiger partial charge in [0.25, 0.3) is 0 Å². The van der Waals surface area contributed by atoms with E-state index >= 15 is 0 Å². The molecule has 1 aromatic rings. The van der Waals surface area contributed by atoms with E-state index in [-0.39, 0.29) is 12.5 Å². The second-order valence-corrected chi connectivity index (χ2v) is 3.29. The predicted octanol–water partition coefficient (Wildman–Crippen LogP) is 2.84. The summed E-state index contributed by atoms with van der Waals surface area (Å²) >= 11 is 0. The van der Waals surface area contributed by atoms with E-state index in [1.54, 1.807) is 6.07 Å². The molecule has 0 aromatic heterocycles. The summed E-state index contributed by atoms with van der Waals surface area (Å²) in [4.78, 5) is 0. The smallest absolute Gasteiger partial charge is 0.159 e. The first-order chi connectivity index (χ1) is 6.69. The summed E-state index contributed by atoms with van der Waals surface area (Å²) in [7, 11) is 0. The lowest BCUT2D eigenvalue weighted by Crippen LogP contribution is -2.01. The minimum atomic E-state index is -0.826. The summed E-state index contributed by atoms with van der Waals surface area (Å²) in [6, 6.07) is 3.91. The van der Waals surface area contributed by atoms with Gasteiger partial charge in [-0.2, -0.15) is 0 Å². The molecule has 0 aliphatic heterocycles. The molecular formula is C11H14F2O. The molecule has 0 spiro atoms. The van der Waals surface area contributed by atoms with Crippen LogP contribution < -0.4 is 0 Å². The van der Waals surface area contributed by atoms with Crippen molar-refractivity contribution in [3.05, 3.63) is 35.4 Å². The minimum Gasteiger partial charge on any atom is -0.396 e. The molecule has 1 aromatic carbocycles. The molecule has 0 heterocycles. The van der Waals surface area contributed by atoms with E-state index in [9.17, 15) is 8.78 Å². The van der Waals surface area contributed by atoms with E-state index in [2.05, 4.69) is 0 Å². The zero-order chi connectivity index (χ0) is 10.6. The van der Waals surface area contributed by atoms with Gasteiger partial charge in [-0.1, -0.05) is 13.0 Å². The Bertz CT molecular complexity index is 299. The fourth-order valence-corrected chi connectivity index (χ4v) is 1.53. The Labute approximate surface area is 82.4 Å². The molecule has 1 nitrogen and oxygen atoms in total. The predicted molar refractivity (Wildman–Crippen MR) is 51.1 cm³/mol. The topological polar surface area (TPSA) is 20.2 Å². The molecule has 0 radical (unpaired) electrons. The zero-order valence-corrected chi connectivity index (χ0v) is 8.13. The third-order valence-electron chi connectivity index (χ3n) is 2.39. The van der Waals surface area contributed by atoms with Crippen LogP contribution in [-0.4, -0.2) is 11.7 Å². The third-order valence-corrected chi connectivity index (χ3v) is 2.39. The van der Waals surface area contributed by atoms with Gasteiger partial charge in [-0.05, 0) is 36.5 Å². The van der Waals surface area contributed by atoms with Crippen LogP contribution in [0.2, 0.25) is 0 Å². The number of benzene rings is 1. The summed E-state index contributed by atoms with van der Waals surface area (Å²) < 4.78 is 25.5. The first-order valence-electron chi connectivity index (χ1n) is 4.74. The molecule has 0 saturated carbocycles. The highest BCUT2D eigenvalue weighted by Gasteiger charge is 2.11. The molecule has 1 N–H and O–H groups in total. The second kappa shape index (κ2) is 5.05. The second-order valence-electron chi connectivity index (χ2n) is 3.29. The molecule has 1 rings (SSSR count). The average molecular weight is 200 g/mol. The molecule has 14 heavy (non-hydrogen) atoms. The number of aliphatic hydroxyl groups is 1. The van der Waals surface area contributed by atoms with Gasteiger partial charge >= 0.3 is 0 Å². The van der Waals surface area contributed by atoms with Gasteiger partial charge in [0.15, 0.2) is 11.6 Å². The Hall–Kier alpha value is -0.960. The van der Waals surface area contributed by atoms with Crippen molar-refractivity contribution < 1.29 is 13.9 Å². The molecule has 78 valence electrons. The molecule has 0 saturated heterocycles. The highest BCUT2D eigenvalue weighted by Crippen LogP contribution is 2.24. The normalized spacial score (nSPS) is 12.9. The molecule has 0 fully saturated rings. The summed E-state index contributed by atoms with van der Waals surface area (Å²) in [6.45, 7) is 2.03. The first kappa shape index (κ1) is 11.1. The Balaban J connectivity index is 2.88. The van der Waals surface area contributed by atoms with Crippen LogP contribution in [-0.2, 0) is 0 Å².